The fourth-order valence-electron chi connectivity index (χ4n) is 5.03. The minimum absolute atomic E-state index is 0.156. The number of carbonyl (C=O) groups excluding carboxylic acids is 3. The summed E-state index contributed by atoms with van der Waals surface area (Å²) in [4.78, 5) is 43.3. The van der Waals surface area contributed by atoms with Crippen LogP contribution in [-0.2, 0) is 27.3 Å². The van der Waals surface area contributed by atoms with E-state index in [0.29, 0.717) is 12.1 Å². The standard InChI is InChI=1S/C35H41N3O4/c1-6-25-18-13-19-28(21-25)31(32(39)36-23-27-16-11-8-12-17-27)38(30-20-24(30)2)33(40)29(22-26-14-9-7-10-15-26)37-34(41)42-35(3,4)5/h6-19,21,24,29-31H,1,20,22-23H2,2-5H3,(H,36,39)(H,37,41). The van der Waals surface area contributed by atoms with Crippen LogP contribution in [0, 0.1) is 5.92 Å². The molecule has 1 saturated carbocycles. The third kappa shape index (κ3) is 8.32. The van der Waals surface area contributed by atoms with Gasteiger partial charge < -0.3 is 20.3 Å². The molecule has 3 aromatic carbocycles. The van der Waals surface area contributed by atoms with E-state index in [2.05, 4.69) is 24.1 Å². The molecule has 0 aromatic heterocycles. The van der Waals surface area contributed by atoms with Gasteiger partial charge in [0.15, 0.2) is 0 Å². The zero-order valence-corrected chi connectivity index (χ0v) is 24.9. The lowest BCUT2D eigenvalue weighted by Gasteiger charge is -2.35. The van der Waals surface area contributed by atoms with Crippen molar-refractivity contribution in [1.82, 2.24) is 15.5 Å². The number of carbonyl (C=O) groups is 3. The highest BCUT2D eigenvalue weighted by Gasteiger charge is 2.48. The Balaban J connectivity index is 1.72. The van der Waals surface area contributed by atoms with Crippen LogP contribution in [0.2, 0.25) is 0 Å². The van der Waals surface area contributed by atoms with Gasteiger partial charge >= 0.3 is 6.09 Å². The first-order chi connectivity index (χ1) is 20.1. The van der Waals surface area contributed by atoms with Crippen molar-refractivity contribution in [2.45, 2.75) is 70.8 Å². The molecule has 4 rings (SSSR count). The SMILES string of the molecule is C=Cc1cccc(C(C(=O)NCc2ccccc2)N(C(=O)C(Cc2ccccc2)NC(=O)OC(C)(C)C)C2CC2C)c1. The highest BCUT2D eigenvalue weighted by atomic mass is 16.6. The fourth-order valence-corrected chi connectivity index (χ4v) is 5.03. The van der Waals surface area contributed by atoms with Crippen molar-refractivity contribution in [3.05, 3.63) is 114 Å². The van der Waals surface area contributed by atoms with Crippen molar-refractivity contribution in [3.63, 3.8) is 0 Å². The highest BCUT2D eigenvalue weighted by molar-refractivity contribution is 5.93. The Morgan fingerprint density at radius 3 is 2.17 bits per heavy atom. The summed E-state index contributed by atoms with van der Waals surface area (Å²) in [5.41, 5.74) is 2.63. The molecule has 3 amide bonds. The van der Waals surface area contributed by atoms with Crippen molar-refractivity contribution in [3.8, 4) is 0 Å². The van der Waals surface area contributed by atoms with Gasteiger partial charge in [-0.15, -0.1) is 0 Å². The molecule has 0 heterocycles. The quantitative estimate of drug-likeness (QED) is 0.295. The molecular weight excluding hydrogens is 526 g/mol. The number of benzene rings is 3. The van der Waals surface area contributed by atoms with E-state index in [1.807, 2.05) is 84.9 Å². The molecule has 1 fully saturated rings. The van der Waals surface area contributed by atoms with Crippen LogP contribution in [0.3, 0.4) is 0 Å². The number of alkyl carbamates (subject to hydrolysis) is 1. The van der Waals surface area contributed by atoms with Crippen LogP contribution >= 0.6 is 0 Å². The zero-order chi connectivity index (χ0) is 30.3. The number of rotatable bonds is 11. The maximum Gasteiger partial charge on any atom is 0.408 e. The van der Waals surface area contributed by atoms with Crippen LogP contribution in [-0.4, -0.2) is 40.5 Å². The van der Waals surface area contributed by atoms with E-state index >= 15 is 0 Å². The van der Waals surface area contributed by atoms with Gasteiger partial charge in [-0.05, 0) is 61.4 Å². The zero-order valence-electron chi connectivity index (χ0n) is 24.9. The van der Waals surface area contributed by atoms with E-state index in [1.165, 1.54) is 0 Å². The monoisotopic (exact) mass is 567 g/mol. The normalized spacial score (nSPS) is 17.3. The van der Waals surface area contributed by atoms with Gasteiger partial charge in [0.1, 0.15) is 17.7 Å². The predicted molar refractivity (Wildman–Crippen MR) is 165 cm³/mol. The van der Waals surface area contributed by atoms with Gasteiger partial charge in [-0.3, -0.25) is 9.59 Å². The van der Waals surface area contributed by atoms with E-state index in [1.54, 1.807) is 31.7 Å². The van der Waals surface area contributed by atoms with Crippen LogP contribution in [0.4, 0.5) is 4.79 Å². The maximum atomic E-state index is 14.6. The second-order valence-corrected chi connectivity index (χ2v) is 11.9. The third-order valence-electron chi connectivity index (χ3n) is 7.25. The van der Waals surface area contributed by atoms with Crippen LogP contribution in [0.5, 0.6) is 0 Å². The molecule has 0 aliphatic heterocycles. The van der Waals surface area contributed by atoms with Gasteiger partial charge in [0.25, 0.3) is 0 Å². The number of amides is 3. The second kappa shape index (κ2) is 13.5. The molecule has 0 saturated heterocycles. The van der Waals surface area contributed by atoms with Crippen molar-refractivity contribution in [2.75, 3.05) is 0 Å². The lowest BCUT2D eigenvalue weighted by molar-refractivity contribution is -0.143. The topological polar surface area (TPSA) is 87.7 Å². The van der Waals surface area contributed by atoms with E-state index < -0.39 is 23.8 Å². The first kappa shape index (κ1) is 30.6. The number of nitrogens with one attached hydrogen (secondary N) is 2. The van der Waals surface area contributed by atoms with E-state index in [4.69, 9.17) is 4.74 Å². The summed E-state index contributed by atoms with van der Waals surface area (Å²) < 4.78 is 5.53. The van der Waals surface area contributed by atoms with Gasteiger partial charge in [-0.2, -0.15) is 0 Å². The number of nitrogens with zero attached hydrogens (tertiary/aromatic N) is 1. The van der Waals surface area contributed by atoms with Crippen molar-refractivity contribution in [1.29, 1.82) is 0 Å². The highest BCUT2D eigenvalue weighted by Crippen LogP contribution is 2.41. The van der Waals surface area contributed by atoms with Crippen LogP contribution < -0.4 is 10.6 Å². The largest absolute Gasteiger partial charge is 0.444 e. The van der Waals surface area contributed by atoms with E-state index in [9.17, 15) is 14.4 Å². The fraction of sp³-hybridized carbons (Fsp3) is 0.343. The minimum atomic E-state index is -0.943. The van der Waals surface area contributed by atoms with Crippen LogP contribution in [0.15, 0.2) is 91.5 Å². The molecule has 3 aromatic rings. The van der Waals surface area contributed by atoms with Crippen molar-refractivity contribution in [2.24, 2.45) is 5.92 Å². The predicted octanol–water partition coefficient (Wildman–Crippen LogP) is 6.06. The van der Waals surface area contributed by atoms with Gasteiger partial charge in [0.05, 0.1) is 0 Å². The van der Waals surface area contributed by atoms with Crippen molar-refractivity contribution < 1.29 is 19.1 Å². The summed E-state index contributed by atoms with van der Waals surface area (Å²) in [5.74, 6) is -0.411. The number of ether oxygens (including phenoxy) is 1. The Bertz CT molecular complexity index is 1380. The van der Waals surface area contributed by atoms with Crippen LogP contribution in [0.1, 0.15) is 62.4 Å². The second-order valence-electron chi connectivity index (χ2n) is 11.9. The summed E-state index contributed by atoms with van der Waals surface area (Å²) in [6.45, 7) is 11.6. The number of hydrogen-bond donors (Lipinski definition) is 2. The molecule has 220 valence electrons. The molecule has 7 heteroatoms. The molecule has 0 radical (unpaired) electrons. The number of hydrogen-bond acceptors (Lipinski definition) is 4. The first-order valence-electron chi connectivity index (χ1n) is 14.5. The Hall–Kier alpha value is -4.39. The average molecular weight is 568 g/mol. The summed E-state index contributed by atoms with van der Waals surface area (Å²) >= 11 is 0. The first-order valence-corrected chi connectivity index (χ1v) is 14.5. The molecule has 1 aliphatic rings. The van der Waals surface area contributed by atoms with Crippen molar-refractivity contribution >= 4 is 24.0 Å². The summed E-state index contributed by atoms with van der Waals surface area (Å²) in [6.07, 6.45) is 2.05. The average Bonchev–Trinajstić information content (AvgIpc) is 3.69. The smallest absolute Gasteiger partial charge is 0.408 e. The lowest BCUT2D eigenvalue weighted by Crippen LogP contribution is -2.54. The Morgan fingerprint density at radius 2 is 1.60 bits per heavy atom. The van der Waals surface area contributed by atoms with Gasteiger partial charge in [0.2, 0.25) is 11.8 Å². The molecule has 7 nitrogen and oxygen atoms in total. The maximum absolute atomic E-state index is 14.6. The summed E-state index contributed by atoms with van der Waals surface area (Å²) in [7, 11) is 0. The lowest BCUT2D eigenvalue weighted by atomic mass is 9.98. The molecule has 0 spiro atoms. The van der Waals surface area contributed by atoms with Gasteiger partial charge in [-0.25, -0.2) is 4.79 Å². The van der Waals surface area contributed by atoms with E-state index in [0.717, 1.165) is 23.1 Å². The Kier molecular flexibility index (Phi) is 9.84. The molecule has 4 unspecified atom stereocenters. The molecule has 1 aliphatic carbocycles. The minimum Gasteiger partial charge on any atom is -0.444 e. The molecule has 2 N–H and O–H groups in total. The molecule has 4 atom stereocenters. The summed E-state index contributed by atoms with van der Waals surface area (Å²) in [6, 6.07) is 24.7. The molecule has 0 bridgehead atoms. The Labute approximate surface area is 249 Å². The molecule has 42 heavy (non-hydrogen) atoms. The third-order valence-corrected chi connectivity index (χ3v) is 7.25. The van der Waals surface area contributed by atoms with Gasteiger partial charge in [-0.1, -0.05) is 98.4 Å². The van der Waals surface area contributed by atoms with Gasteiger partial charge in [0, 0.05) is 19.0 Å². The van der Waals surface area contributed by atoms with Crippen LogP contribution in [0.25, 0.3) is 6.08 Å². The summed E-state index contributed by atoms with van der Waals surface area (Å²) in [5, 5.41) is 5.88. The molecular formula is C35H41N3O4. The Morgan fingerprint density at radius 1 is 0.976 bits per heavy atom. The van der Waals surface area contributed by atoms with E-state index in [-0.39, 0.29) is 30.2 Å².